The predicted octanol–water partition coefficient (Wildman–Crippen LogP) is 15.3. The van der Waals surface area contributed by atoms with Gasteiger partial charge in [0.05, 0.1) is 25.2 Å². The number of allylic oxidation sites excluding steroid dienone is 16. The summed E-state index contributed by atoms with van der Waals surface area (Å²) >= 11 is 0. The van der Waals surface area contributed by atoms with Crippen LogP contribution >= 0.6 is 0 Å². The number of hydrogen-bond donors (Lipinski definition) is 3. The van der Waals surface area contributed by atoms with Crippen LogP contribution in [0.4, 0.5) is 0 Å². The van der Waals surface area contributed by atoms with E-state index in [1.165, 1.54) is 96.3 Å². The van der Waals surface area contributed by atoms with Gasteiger partial charge in [0.15, 0.2) is 0 Å². The summed E-state index contributed by atoms with van der Waals surface area (Å²) in [4.78, 5) is 26.1. The van der Waals surface area contributed by atoms with E-state index in [1.807, 2.05) is 48.6 Å². The number of aliphatic hydroxyl groups is 2. The largest absolute Gasteiger partial charge is 0.462 e. The van der Waals surface area contributed by atoms with Crippen LogP contribution in [-0.2, 0) is 14.3 Å². The Bertz CT molecular complexity index is 1240. The molecule has 0 spiro atoms. The van der Waals surface area contributed by atoms with Crippen LogP contribution in [0.1, 0.15) is 220 Å². The lowest BCUT2D eigenvalue weighted by molar-refractivity contribution is -0.151. The summed E-state index contributed by atoms with van der Waals surface area (Å²) < 4.78 is 5.89. The Morgan fingerprint density at radius 2 is 0.952 bits per heavy atom. The third-order valence-electron chi connectivity index (χ3n) is 11.0. The first kappa shape index (κ1) is 58.8. The van der Waals surface area contributed by atoms with Gasteiger partial charge in [-0.05, 0) is 77.0 Å². The molecule has 6 heteroatoms. The molecule has 1 amide bonds. The zero-order valence-electron chi connectivity index (χ0n) is 40.2. The van der Waals surface area contributed by atoms with Gasteiger partial charge in [0, 0.05) is 6.42 Å². The van der Waals surface area contributed by atoms with Crippen LogP contribution in [0.15, 0.2) is 97.2 Å². The highest BCUT2D eigenvalue weighted by molar-refractivity contribution is 5.77. The molecule has 0 aliphatic heterocycles. The van der Waals surface area contributed by atoms with E-state index in [4.69, 9.17) is 4.74 Å². The monoisotopic (exact) mass is 862 g/mol. The summed E-state index contributed by atoms with van der Waals surface area (Å²) in [6.07, 6.45) is 64.7. The highest BCUT2D eigenvalue weighted by Gasteiger charge is 2.24. The molecule has 3 atom stereocenters. The number of amides is 1. The molecule has 0 aromatic heterocycles. The summed E-state index contributed by atoms with van der Waals surface area (Å²) in [5, 5.41) is 23.7. The molecule has 6 nitrogen and oxygen atoms in total. The minimum Gasteiger partial charge on any atom is -0.462 e. The maximum absolute atomic E-state index is 13.2. The van der Waals surface area contributed by atoms with Crippen molar-refractivity contribution < 1.29 is 24.5 Å². The molecule has 0 heterocycles. The number of ether oxygens (including phenoxy) is 1. The van der Waals surface area contributed by atoms with Crippen molar-refractivity contribution >= 4 is 11.9 Å². The molecule has 0 rings (SSSR count). The van der Waals surface area contributed by atoms with E-state index in [9.17, 15) is 19.8 Å². The van der Waals surface area contributed by atoms with Gasteiger partial charge in [0.1, 0.15) is 6.10 Å². The highest BCUT2D eigenvalue weighted by Crippen LogP contribution is 2.16. The summed E-state index contributed by atoms with van der Waals surface area (Å²) in [6, 6.07) is -0.732. The van der Waals surface area contributed by atoms with E-state index in [0.717, 1.165) is 77.0 Å². The van der Waals surface area contributed by atoms with Gasteiger partial charge in [-0.2, -0.15) is 0 Å². The highest BCUT2D eigenvalue weighted by atomic mass is 16.5. The fourth-order valence-corrected chi connectivity index (χ4v) is 7.17. The first-order chi connectivity index (χ1) is 30.5. The Morgan fingerprint density at radius 1 is 0.500 bits per heavy atom. The van der Waals surface area contributed by atoms with Crippen LogP contribution in [0.5, 0.6) is 0 Å². The molecule has 3 unspecified atom stereocenters. The zero-order valence-corrected chi connectivity index (χ0v) is 40.2. The van der Waals surface area contributed by atoms with Crippen LogP contribution in [0.2, 0.25) is 0 Å². The summed E-state index contributed by atoms with van der Waals surface area (Å²) in [7, 11) is 0. The second kappa shape index (κ2) is 48.8. The average molecular weight is 862 g/mol. The molecule has 0 aromatic rings. The van der Waals surface area contributed by atoms with Gasteiger partial charge in [0.25, 0.3) is 0 Å². The summed E-state index contributed by atoms with van der Waals surface area (Å²) in [5.74, 6) is -0.568. The number of carbonyl (C=O) groups excluding carboxylic acids is 2. The molecule has 0 radical (unpaired) electrons. The molecule has 0 aromatic carbocycles. The molecule has 0 saturated carbocycles. The Labute approximate surface area is 382 Å². The molecular formula is C56H95NO5. The number of esters is 1. The number of nitrogens with one attached hydrogen (secondary N) is 1. The maximum Gasteiger partial charge on any atom is 0.306 e. The maximum atomic E-state index is 13.2. The molecule has 0 saturated heterocycles. The third-order valence-corrected chi connectivity index (χ3v) is 11.0. The SMILES string of the molecule is CC/C=C/C=C/C=C\C=C/C=C/CCCC(CC(=O)NC(CO)C(O)CCCCCCCCCCCCC)OC(=O)CCCCCCCC/C=C\C/C=C\C/C=C\CCCCC. The van der Waals surface area contributed by atoms with Gasteiger partial charge < -0.3 is 20.3 Å². The number of carbonyl (C=O) groups is 2. The Hall–Kier alpha value is -3.22. The minimum absolute atomic E-state index is 0.0179. The van der Waals surface area contributed by atoms with Crippen LogP contribution in [0.25, 0.3) is 0 Å². The molecular weight excluding hydrogens is 767 g/mol. The van der Waals surface area contributed by atoms with Crippen molar-refractivity contribution in [2.45, 2.75) is 238 Å². The molecule has 62 heavy (non-hydrogen) atoms. The Kier molecular flexibility index (Phi) is 46.3. The predicted molar refractivity (Wildman–Crippen MR) is 268 cm³/mol. The lowest BCUT2D eigenvalue weighted by Gasteiger charge is -2.24. The van der Waals surface area contributed by atoms with E-state index >= 15 is 0 Å². The molecule has 3 N–H and O–H groups in total. The van der Waals surface area contributed by atoms with Gasteiger partial charge >= 0.3 is 5.97 Å². The van der Waals surface area contributed by atoms with Crippen LogP contribution in [-0.4, -0.2) is 46.9 Å². The second-order valence-corrected chi connectivity index (χ2v) is 17.0. The first-order valence-corrected chi connectivity index (χ1v) is 25.5. The average Bonchev–Trinajstić information content (AvgIpc) is 3.26. The smallest absolute Gasteiger partial charge is 0.306 e. The normalized spacial score (nSPS) is 14.1. The van der Waals surface area contributed by atoms with Crippen molar-refractivity contribution in [3.05, 3.63) is 97.2 Å². The number of unbranched alkanes of at least 4 members (excludes halogenated alkanes) is 20. The van der Waals surface area contributed by atoms with E-state index in [1.54, 1.807) is 0 Å². The van der Waals surface area contributed by atoms with Gasteiger partial charge in [-0.15, -0.1) is 0 Å². The van der Waals surface area contributed by atoms with Crippen LogP contribution < -0.4 is 5.32 Å². The number of hydrogen-bond acceptors (Lipinski definition) is 5. The standard InChI is InChI=1S/C56H95NO5/c1-4-7-10-13-16-19-22-24-25-26-27-28-29-31-34-37-40-43-46-49-56(61)62-52(47-44-41-38-35-33-30-23-20-17-14-11-8-5-2)50-55(60)57-53(51-58)54(59)48-45-42-39-36-32-21-18-15-12-9-6-3/h8,11,14,16-17,19-20,23-25,27-28,30,33,35,38,52-54,58-59H,4-7,9-10,12-13,15,18,21-22,26,29,31-32,34,36-37,39-51H2,1-3H3,(H,57,60)/b11-8+,17-14+,19-16-,23-20-,25-24-,28-27-,33-30-,38-35+. The van der Waals surface area contributed by atoms with Gasteiger partial charge in [-0.1, -0.05) is 227 Å². The second-order valence-electron chi connectivity index (χ2n) is 17.0. The first-order valence-electron chi connectivity index (χ1n) is 25.5. The summed E-state index contributed by atoms with van der Waals surface area (Å²) in [5.41, 5.74) is 0. The van der Waals surface area contributed by atoms with E-state index < -0.39 is 18.2 Å². The quantitative estimate of drug-likeness (QED) is 0.0245. The van der Waals surface area contributed by atoms with Crippen LogP contribution in [0, 0.1) is 0 Å². The fraction of sp³-hybridized carbons (Fsp3) is 0.679. The molecule has 0 bridgehead atoms. The molecule has 0 aliphatic carbocycles. The van der Waals surface area contributed by atoms with Crippen molar-refractivity contribution in [3.63, 3.8) is 0 Å². The van der Waals surface area contributed by atoms with Gasteiger partial charge in [-0.3, -0.25) is 9.59 Å². The van der Waals surface area contributed by atoms with Crippen molar-refractivity contribution in [1.29, 1.82) is 0 Å². The number of rotatable bonds is 44. The van der Waals surface area contributed by atoms with Gasteiger partial charge in [-0.25, -0.2) is 0 Å². The van der Waals surface area contributed by atoms with Crippen molar-refractivity contribution in [2.75, 3.05) is 6.61 Å². The zero-order chi connectivity index (χ0) is 45.2. The third kappa shape index (κ3) is 43.4. The molecule has 0 aliphatic rings. The number of aliphatic hydroxyl groups excluding tert-OH is 2. The Balaban J connectivity index is 4.69. The van der Waals surface area contributed by atoms with Crippen LogP contribution in [0.3, 0.4) is 0 Å². The van der Waals surface area contributed by atoms with E-state index in [-0.39, 0.29) is 24.9 Å². The molecule has 354 valence electrons. The fourth-order valence-electron chi connectivity index (χ4n) is 7.17. The lowest BCUT2D eigenvalue weighted by atomic mass is 10.0. The van der Waals surface area contributed by atoms with Crippen molar-refractivity contribution in [3.8, 4) is 0 Å². The summed E-state index contributed by atoms with van der Waals surface area (Å²) in [6.45, 7) is 6.27. The van der Waals surface area contributed by atoms with Gasteiger partial charge in [0.2, 0.25) is 5.91 Å². The Morgan fingerprint density at radius 3 is 1.52 bits per heavy atom. The van der Waals surface area contributed by atoms with Crippen molar-refractivity contribution in [1.82, 2.24) is 5.32 Å². The topological polar surface area (TPSA) is 95.9 Å². The lowest BCUT2D eigenvalue weighted by Crippen LogP contribution is -2.46. The molecule has 0 fully saturated rings. The van der Waals surface area contributed by atoms with Crippen molar-refractivity contribution in [2.24, 2.45) is 0 Å². The van der Waals surface area contributed by atoms with E-state index in [0.29, 0.717) is 19.3 Å². The minimum atomic E-state index is -0.813. The van der Waals surface area contributed by atoms with E-state index in [2.05, 4.69) is 74.7 Å².